The summed E-state index contributed by atoms with van der Waals surface area (Å²) in [7, 11) is 0. The highest BCUT2D eigenvalue weighted by Crippen LogP contribution is 2.39. The molecule has 0 aromatic heterocycles. The first-order valence-electron chi connectivity index (χ1n) is 9.53. The fourth-order valence-electron chi connectivity index (χ4n) is 3.89. The van der Waals surface area contributed by atoms with Gasteiger partial charge >= 0.3 is 0 Å². The zero-order valence-corrected chi connectivity index (χ0v) is 16.0. The smallest absolute Gasteiger partial charge is 0.270 e. The van der Waals surface area contributed by atoms with Gasteiger partial charge in [0.15, 0.2) is 0 Å². The Hall–Kier alpha value is -3.67. The van der Waals surface area contributed by atoms with Crippen LogP contribution in [-0.2, 0) is 0 Å². The molecule has 0 saturated carbocycles. The molecule has 0 saturated heterocycles. The molecule has 1 aliphatic heterocycles. The van der Waals surface area contributed by atoms with Gasteiger partial charge in [-0.15, -0.1) is 0 Å². The highest BCUT2D eigenvalue weighted by atomic mass is 16.6. The number of nitrogens with one attached hydrogen (secondary N) is 1. The second-order valence-electron chi connectivity index (χ2n) is 7.19. The Kier molecular flexibility index (Phi) is 4.99. The number of nitro groups is 1. The number of nitro benzene ring substituents is 1. The second-order valence-corrected chi connectivity index (χ2v) is 7.19. The van der Waals surface area contributed by atoms with Crippen molar-refractivity contribution >= 4 is 23.0 Å². The molecule has 29 heavy (non-hydrogen) atoms. The molecule has 6 heteroatoms. The van der Waals surface area contributed by atoms with E-state index in [-0.39, 0.29) is 23.7 Å². The molecule has 0 unspecified atom stereocenters. The van der Waals surface area contributed by atoms with Crippen LogP contribution in [0.25, 0.3) is 0 Å². The van der Waals surface area contributed by atoms with Crippen LogP contribution in [0, 0.1) is 10.1 Å². The second kappa shape index (κ2) is 7.75. The maximum absolute atomic E-state index is 13.3. The summed E-state index contributed by atoms with van der Waals surface area (Å²) in [5, 5.41) is 14.7. The third kappa shape index (κ3) is 3.69. The van der Waals surface area contributed by atoms with Gasteiger partial charge in [-0.25, -0.2) is 0 Å². The summed E-state index contributed by atoms with van der Waals surface area (Å²) in [6.07, 6.45) is 0.729. The van der Waals surface area contributed by atoms with Crippen LogP contribution >= 0.6 is 0 Å². The number of anilines is 2. The van der Waals surface area contributed by atoms with Crippen molar-refractivity contribution in [3.63, 3.8) is 0 Å². The van der Waals surface area contributed by atoms with Crippen molar-refractivity contribution in [2.24, 2.45) is 0 Å². The number of hydrogen-bond acceptors (Lipinski definition) is 4. The lowest BCUT2D eigenvalue weighted by atomic mass is 9.90. The fourth-order valence-corrected chi connectivity index (χ4v) is 3.89. The first-order chi connectivity index (χ1) is 14.0. The zero-order valence-electron chi connectivity index (χ0n) is 16.0. The van der Waals surface area contributed by atoms with Crippen LogP contribution in [0.3, 0.4) is 0 Å². The number of carbonyl (C=O) groups is 1. The molecule has 6 nitrogen and oxygen atoms in total. The molecule has 1 heterocycles. The minimum absolute atomic E-state index is 0.0674. The molecule has 4 rings (SSSR count). The molecule has 0 aliphatic carbocycles. The number of amides is 1. The van der Waals surface area contributed by atoms with E-state index < -0.39 is 4.92 Å². The predicted molar refractivity (Wildman–Crippen MR) is 113 cm³/mol. The molecule has 3 aromatic carbocycles. The number of rotatable bonds is 4. The van der Waals surface area contributed by atoms with Crippen molar-refractivity contribution in [1.82, 2.24) is 0 Å². The highest BCUT2D eigenvalue weighted by molar-refractivity contribution is 6.07. The van der Waals surface area contributed by atoms with Crippen molar-refractivity contribution < 1.29 is 9.72 Å². The lowest BCUT2D eigenvalue weighted by molar-refractivity contribution is -0.384. The normalized spacial score (nSPS) is 18.0. The SMILES string of the molecule is C[C@H]1C[C@H](Nc2ccccc2)c2ccccc2N1C(=O)c1cccc([N+](=O)[O-])c1. The Labute approximate surface area is 168 Å². The van der Waals surface area contributed by atoms with E-state index in [9.17, 15) is 14.9 Å². The summed E-state index contributed by atoms with van der Waals surface area (Å²) >= 11 is 0. The molecule has 2 atom stereocenters. The van der Waals surface area contributed by atoms with E-state index in [1.807, 2.05) is 61.5 Å². The summed E-state index contributed by atoms with van der Waals surface area (Å²) < 4.78 is 0. The van der Waals surface area contributed by atoms with Crippen LogP contribution in [0.4, 0.5) is 17.1 Å². The minimum Gasteiger partial charge on any atom is -0.378 e. The first kappa shape index (κ1) is 18.7. The summed E-state index contributed by atoms with van der Waals surface area (Å²) in [6.45, 7) is 2.00. The van der Waals surface area contributed by atoms with Gasteiger partial charge in [-0.2, -0.15) is 0 Å². The molecular weight excluding hydrogens is 366 g/mol. The molecule has 1 aliphatic rings. The van der Waals surface area contributed by atoms with E-state index in [0.717, 1.165) is 23.4 Å². The molecule has 146 valence electrons. The van der Waals surface area contributed by atoms with E-state index in [4.69, 9.17) is 0 Å². The molecular formula is C23H21N3O3. The standard InChI is InChI=1S/C23H21N3O3/c1-16-14-21(24-18-9-3-2-4-10-18)20-12-5-6-13-22(20)25(16)23(27)17-8-7-11-19(15-17)26(28)29/h2-13,15-16,21,24H,14H2,1H3/t16-,21-/m0/s1. The van der Waals surface area contributed by atoms with Crippen LogP contribution in [0.1, 0.15) is 35.3 Å². The van der Waals surface area contributed by atoms with Crippen molar-refractivity contribution in [3.05, 3.63) is 100 Å². The van der Waals surface area contributed by atoms with Gasteiger partial charge in [-0.1, -0.05) is 42.5 Å². The average Bonchev–Trinajstić information content (AvgIpc) is 2.74. The lowest BCUT2D eigenvalue weighted by Gasteiger charge is -2.40. The first-order valence-corrected chi connectivity index (χ1v) is 9.53. The van der Waals surface area contributed by atoms with E-state index in [2.05, 4.69) is 5.32 Å². The number of fused-ring (bicyclic) bond motifs is 1. The van der Waals surface area contributed by atoms with Crippen LogP contribution in [0.5, 0.6) is 0 Å². The van der Waals surface area contributed by atoms with Crippen LogP contribution in [-0.4, -0.2) is 16.9 Å². The minimum atomic E-state index is -0.482. The summed E-state index contributed by atoms with van der Waals surface area (Å²) in [5.41, 5.74) is 3.12. The summed E-state index contributed by atoms with van der Waals surface area (Å²) in [6, 6.07) is 23.7. The Morgan fingerprint density at radius 3 is 2.52 bits per heavy atom. The van der Waals surface area contributed by atoms with Gasteiger partial charge < -0.3 is 10.2 Å². The largest absolute Gasteiger partial charge is 0.378 e. The van der Waals surface area contributed by atoms with E-state index in [1.54, 1.807) is 17.0 Å². The van der Waals surface area contributed by atoms with E-state index >= 15 is 0 Å². The van der Waals surface area contributed by atoms with Crippen LogP contribution in [0.2, 0.25) is 0 Å². The lowest BCUT2D eigenvalue weighted by Crippen LogP contribution is -2.44. The van der Waals surface area contributed by atoms with Crippen molar-refractivity contribution in [3.8, 4) is 0 Å². The molecule has 0 radical (unpaired) electrons. The number of benzene rings is 3. The molecule has 0 fully saturated rings. The third-order valence-electron chi connectivity index (χ3n) is 5.23. The highest BCUT2D eigenvalue weighted by Gasteiger charge is 2.34. The van der Waals surface area contributed by atoms with Gasteiger partial charge in [-0.05, 0) is 43.2 Å². The molecule has 0 bridgehead atoms. The molecule has 1 amide bonds. The van der Waals surface area contributed by atoms with Crippen molar-refractivity contribution in [2.45, 2.75) is 25.4 Å². The third-order valence-corrected chi connectivity index (χ3v) is 5.23. The average molecular weight is 387 g/mol. The number of hydrogen-bond donors (Lipinski definition) is 1. The van der Waals surface area contributed by atoms with Gasteiger partial charge in [0.25, 0.3) is 11.6 Å². The van der Waals surface area contributed by atoms with Gasteiger partial charge in [-0.3, -0.25) is 14.9 Å². The summed E-state index contributed by atoms with van der Waals surface area (Å²) in [4.78, 5) is 25.7. The maximum Gasteiger partial charge on any atom is 0.270 e. The van der Waals surface area contributed by atoms with Gasteiger partial charge in [0.2, 0.25) is 0 Å². The van der Waals surface area contributed by atoms with Gasteiger partial charge in [0, 0.05) is 35.1 Å². The van der Waals surface area contributed by atoms with Crippen molar-refractivity contribution in [1.29, 1.82) is 0 Å². The number of carbonyl (C=O) groups excluding carboxylic acids is 1. The van der Waals surface area contributed by atoms with Crippen LogP contribution < -0.4 is 10.2 Å². The molecule has 1 N–H and O–H groups in total. The fraction of sp³-hybridized carbons (Fsp3) is 0.174. The molecule has 3 aromatic rings. The van der Waals surface area contributed by atoms with E-state index in [1.165, 1.54) is 12.1 Å². The predicted octanol–water partition coefficient (Wildman–Crippen LogP) is 5.19. The van der Waals surface area contributed by atoms with Gasteiger partial charge in [0.05, 0.1) is 11.0 Å². The topological polar surface area (TPSA) is 75.5 Å². The quantitative estimate of drug-likeness (QED) is 0.494. The Morgan fingerprint density at radius 2 is 1.76 bits per heavy atom. The Bertz CT molecular complexity index is 1050. The summed E-state index contributed by atoms with van der Waals surface area (Å²) in [5.74, 6) is -0.230. The van der Waals surface area contributed by atoms with Crippen LogP contribution in [0.15, 0.2) is 78.9 Å². The number of non-ortho nitro benzene ring substituents is 1. The molecule has 0 spiro atoms. The Morgan fingerprint density at radius 1 is 1.03 bits per heavy atom. The Balaban J connectivity index is 1.69. The maximum atomic E-state index is 13.3. The zero-order chi connectivity index (χ0) is 20.4. The number of nitrogens with zero attached hydrogens (tertiary/aromatic N) is 2. The number of para-hydroxylation sites is 2. The monoisotopic (exact) mass is 387 g/mol. The van der Waals surface area contributed by atoms with E-state index in [0.29, 0.717) is 5.56 Å². The van der Waals surface area contributed by atoms with Crippen molar-refractivity contribution in [2.75, 3.05) is 10.2 Å². The van der Waals surface area contributed by atoms with Gasteiger partial charge in [0.1, 0.15) is 0 Å².